The molecule has 0 aromatic heterocycles. The van der Waals surface area contributed by atoms with Gasteiger partial charge in [-0.3, -0.25) is 5.73 Å². The summed E-state index contributed by atoms with van der Waals surface area (Å²) in [5, 5.41) is 0. The fraction of sp³-hybridized carbons (Fsp3) is 0.857. The highest BCUT2D eigenvalue weighted by molar-refractivity contribution is 4.84. The Morgan fingerprint density at radius 3 is 2.56 bits per heavy atom. The molecule has 1 heterocycles. The van der Waals surface area contributed by atoms with Crippen molar-refractivity contribution < 1.29 is 4.74 Å². The summed E-state index contributed by atoms with van der Waals surface area (Å²) >= 11 is 0. The van der Waals surface area contributed by atoms with E-state index in [2.05, 4.69) is 13.8 Å². The smallest absolute Gasteiger partial charge is 0.159 e. The van der Waals surface area contributed by atoms with Gasteiger partial charge in [0.25, 0.3) is 0 Å². The highest BCUT2D eigenvalue weighted by Gasteiger charge is 2.26. The van der Waals surface area contributed by atoms with Crippen LogP contribution in [0.1, 0.15) is 26.7 Å². The molecule has 53 valence electrons. The average Bonchev–Trinajstić information content (AvgIpc) is 1.60. The molecule has 0 spiro atoms. The first-order chi connectivity index (χ1) is 4.10. The molecule has 9 heavy (non-hydrogen) atoms. The lowest BCUT2D eigenvalue weighted by molar-refractivity contribution is 0.0377. The van der Waals surface area contributed by atoms with Gasteiger partial charge in [0.1, 0.15) is 0 Å². The molecule has 0 amide bonds. The van der Waals surface area contributed by atoms with E-state index in [1.165, 1.54) is 0 Å². The first kappa shape index (κ1) is 7.03. The zero-order chi connectivity index (χ0) is 6.91. The van der Waals surface area contributed by atoms with Crippen LogP contribution in [0.15, 0.2) is 0 Å². The van der Waals surface area contributed by atoms with Crippen molar-refractivity contribution in [3.8, 4) is 0 Å². The van der Waals surface area contributed by atoms with Crippen molar-refractivity contribution in [1.82, 2.24) is 0 Å². The maximum atomic E-state index is 5.50. The Bertz CT molecular complexity index is 101. The minimum absolute atomic E-state index is 0.363. The third kappa shape index (κ3) is 1.95. The van der Waals surface area contributed by atoms with Crippen LogP contribution in [-0.2, 0) is 4.74 Å². The van der Waals surface area contributed by atoms with Crippen LogP contribution < -0.4 is 5.73 Å². The van der Waals surface area contributed by atoms with E-state index >= 15 is 0 Å². The summed E-state index contributed by atoms with van der Waals surface area (Å²) in [4.78, 5) is 0. The van der Waals surface area contributed by atoms with Crippen LogP contribution in [0, 0.1) is 11.6 Å². The molecule has 1 saturated heterocycles. The molecule has 1 aliphatic rings. The van der Waals surface area contributed by atoms with Gasteiger partial charge in [-0.05, 0) is 18.3 Å². The van der Waals surface area contributed by atoms with Crippen LogP contribution in [-0.4, -0.2) is 6.61 Å². The van der Waals surface area contributed by atoms with Crippen LogP contribution in [0.3, 0.4) is 0 Å². The van der Waals surface area contributed by atoms with Crippen molar-refractivity contribution in [2.75, 3.05) is 6.61 Å². The third-order valence-corrected chi connectivity index (χ3v) is 1.72. The van der Waals surface area contributed by atoms with Gasteiger partial charge in [0, 0.05) is 6.61 Å². The Balaban J connectivity index is 2.41. The van der Waals surface area contributed by atoms with E-state index in [4.69, 9.17) is 10.5 Å². The number of hydrogen-bond donors (Lipinski definition) is 1. The molecule has 0 aromatic rings. The molecule has 0 atom stereocenters. The van der Waals surface area contributed by atoms with Gasteiger partial charge in [0.15, 0.2) is 6.23 Å². The van der Waals surface area contributed by atoms with Gasteiger partial charge < -0.3 is 4.74 Å². The Morgan fingerprint density at radius 1 is 1.56 bits per heavy atom. The van der Waals surface area contributed by atoms with Crippen LogP contribution in [0.25, 0.3) is 0 Å². The minimum Gasteiger partial charge on any atom is -0.356 e. The lowest BCUT2D eigenvalue weighted by atomic mass is 9.84. The van der Waals surface area contributed by atoms with Crippen molar-refractivity contribution in [1.29, 1.82) is 0 Å². The number of hydrogen-bond acceptors (Lipinski definition) is 2. The van der Waals surface area contributed by atoms with Crippen molar-refractivity contribution in [3.63, 3.8) is 0 Å². The molecule has 2 nitrogen and oxygen atoms in total. The second kappa shape index (κ2) is 2.27. The fourth-order valence-electron chi connectivity index (χ4n) is 1.07. The molecule has 0 aliphatic carbocycles. The van der Waals surface area contributed by atoms with Crippen LogP contribution >= 0.6 is 0 Å². The molecule has 1 rings (SSSR count). The lowest BCUT2D eigenvalue weighted by Crippen LogP contribution is -2.30. The standard InChI is InChI=1S/C7H14NO/c1-7(2)3-4-9-6(8)5-7/h3-5,8H2,1-2H3. The number of ether oxygens (including phenoxy) is 1. The van der Waals surface area contributed by atoms with Gasteiger partial charge in [-0.25, -0.2) is 0 Å². The molecule has 1 fully saturated rings. The van der Waals surface area contributed by atoms with Gasteiger partial charge in [-0.2, -0.15) is 0 Å². The summed E-state index contributed by atoms with van der Waals surface area (Å²) in [6.07, 6.45) is 2.73. The molecule has 2 heteroatoms. The second-order valence-electron chi connectivity index (χ2n) is 3.41. The molecule has 1 radical (unpaired) electrons. The quantitative estimate of drug-likeness (QED) is 0.533. The summed E-state index contributed by atoms with van der Waals surface area (Å²) in [5.41, 5.74) is 5.87. The summed E-state index contributed by atoms with van der Waals surface area (Å²) in [7, 11) is 0. The van der Waals surface area contributed by atoms with Gasteiger partial charge in [-0.1, -0.05) is 13.8 Å². The largest absolute Gasteiger partial charge is 0.356 e. The first-order valence-electron chi connectivity index (χ1n) is 3.34. The van der Waals surface area contributed by atoms with Crippen LogP contribution in [0.2, 0.25) is 0 Å². The SMILES string of the molecule is CC1(C)CCO[C](N)C1. The zero-order valence-electron chi connectivity index (χ0n) is 6.11. The van der Waals surface area contributed by atoms with E-state index in [1.807, 2.05) is 0 Å². The van der Waals surface area contributed by atoms with Crippen molar-refractivity contribution in [3.05, 3.63) is 6.23 Å². The second-order valence-corrected chi connectivity index (χ2v) is 3.41. The van der Waals surface area contributed by atoms with Gasteiger partial charge in [0.2, 0.25) is 0 Å². The number of nitrogens with two attached hydrogens (primary N) is 1. The summed E-state index contributed by atoms with van der Waals surface area (Å²) in [6, 6.07) is 0. The Labute approximate surface area is 56.4 Å². The average molecular weight is 128 g/mol. The van der Waals surface area contributed by atoms with E-state index in [9.17, 15) is 0 Å². The molecule has 2 N–H and O–H groups in total. The van der Waals surface area contributed by atoms with Crippen LogP contribution in [0.5, 0.6) is 0 Å². The Morgan fingerprint density at radius 2 is 2.22 bits per heavy atom. The van der Waals surface area contributed by atoms with E-state index in [0.717, 1.165) is 19.4 Å². The number of rotatable bonds is 0. The Kier molecular flexibility index (Phi) is 1.78. The molecule has 0 aromatic carbocycles. The maximum Gasteiger partial charge on any atom is 0.159 e. The lowest BCUT2D eigenvalue weighted by Gasteiger charge is -2.32. The normalized spacial score (nSPS) is 28.3. The molecule has 0 bridgehead atoms. The molecular weight excluding hydrogens is 114 g/mol. The van der Waals surface area contributed by atoms with E-state index in [0.29, 0.717) is 11.6 Å². The summed E-state index contributed by atoms with van der Waals surface area (Å²) < 4.78 is 5.11. The maximum absolute atomic E-state index is 5.50. The Hall–Kier alpha value is -0.0800. The minimum atomic E-state index is 0.363. The molecular formula is C7H14NO. The summed E-state index contributed by atoms with van der Waals surface area (Å²) in [5.74, 6) is 0. The van der Waals surface area contributed by atoms with Crippen molar-refractivity contribution in [2.45, 2.75) is 26.7 Å². The van der Waals surface area contributed by atoms with Crippen LogP contribution in [0.4, 0.5) is 0 Å². The highest BCUT2D eigenvalue weighted by Crippen LogP contribution is 2.32. The van der Waals surface area contributed by atoms with E-state index in [1.54, 1.807) is 0 Å². The van der Waals surface area contributed by atoms with E-state index in [-0.39, 0.29) is 0 Å². The van der Waals surface area contributed by atoms with Gasteiger partial charge in [0.05, 0.1) is 0 Å². The zero-order valence-corrected chi connectivity index (χ0v) is 6.11. The third-order valence-electron chi connectivity index (χ3n) is 1.72. The predicted molar refractivity (Wildman–Crippen MR) is 36.4 cm³/mol. The monoisotopic (exact) mass is 128 g/mol. The fourth-order valence-corrected chi connectivity index (χ4v) is 1.07. The summed E-state index contributed by atoms with van der Waals surface area (Å²) in [6.45, 7) is 5.21. The molecule has 1 aliphatic heterocycles. The van der Waals surface area contributed by atoms with Crippen molar-refractivity contribution in [2.24, 2.45) is 11.1 Å². The molecule has 0 unspecified atom stereocenters. The van der Waals surface area contributed by atoms with E-state index < -0.39 is 0 Å². The molecule has 0 saturated carbocycles. The topological polar surface area (TPSA) is 35.2 Å². The predicted octanol–water partition coefficient (Wildman–Crippen LogP) is 1.27. The first-order valence-corrected chi connectivity index (χ1v) is 3.34. The van der Waals surface area contributed by atoms with Gasteiger partial charge in [-0.15, -0.1) is 0 Å². The highest BCUT2D eigenvalue weighted by atomic mass is 16.5. The van der Waals surface area contributed by atoms with Gasteiger partial charge >= 0.3 is 0 Å². The van der Waals surface area contributed by atoms with Crippen molar-refractivity contribution >= 4 is 0 Å².